The normalized spacial score (nSPS) is 15.6. The third kappa shape index (κ3) is 8.30. The average Bonchev–Trinajstić information content (AvgIpc) is 3.65. The molecule has 0 bridgehead atoms. The van der Waals surface area contributed by atoms with Crippen LogP contribution in [0.15, 0.2) is 67.0 Å². The third-order valence-electron chi connectivity index (χ3n) is 7.73. The van der Waals surface area contributed by atoms with E-state index in [2.05, 4.69) is 70.2 Å². The van der Waals surface area contributed by atoms with Crippen LogP contribution in [-0.4, -0.2) is 51.5 Å². The Morgan fingerprint density at radius 3 is 2.42 bits per heavy atom. The van der Waals surface area contributed by atoms with Crippen LogP contribution in [0.25, 0.3) is 17.1 Å². The SMILES string of the molecule is Cc1cc(C)c(N2CCSC2NC(=O)NCCCC(C)c2ccc(-c3ncn(-c4ccc(OC(F)(F)F)cc4)n3)cc2)c(C)c1. The van der Waals surface area contributed by atoms with E-state index >= 15 is 0 Å². The molecule has 1 fully saturated rings. The lowest BCUT2D eigenvalue weighted by Crippen LogP contribution is -2.47. The Balaban J connectivity index is 1.08. The number of aromatic nitrogens is 3. The summed E-state index contributed by atoms with van der Waals surface area (Å²) in [5.41, 5.74) is 7.36. The predicted molar refractivity (Wildman–Crippen MR) is 172 cm³/mol. The largest absolute Gasteiger partial charge is 0.573 e. The molecule has 1 aliphatic heterocycles. The van der Waals surface area contributed by atoms with Crippen LogP contribution in [-0.2, 0) is 0 Å². The minimum Gasteiger partial charge on any atom is -0.406 e. The highest BCUT2D eigenvalue weighted by Gasteiger charge is 2.31. The second kappa shape index (κ2) is 13.8. The van der Waals surface area contributed by atoms with Gasteiger partial charge in [0.25, 0.3) is 0 Å². The van der Waals surface area contributed by atoms with Gasteiger partial charge in [0.15, 0.2) is 11.3 Å². The van der Waals surface area contributed by atoms with Crippen LogP contribution in [0.4, 0.5) is 23.7 Å². The Hall–Kier alpha value is -4.19. The molecule has 4 aromatic rings. The van der Waals surface area contributed by atoms with E-state index in [9.17, 15) is 18.0 Å². The number of anilines is 1. The molecule has 238 valence electrons. The summed E-state index contributed by atoms with van der Waals surface area (Å²) in [5.74, 6) is 1.46. The average molecular weight is 639 g/mol. The van der Waals surface area contributed by atoms with Gasteiger partial charge < -0.3 is 20.3 Å². The molecule has 8 nitrogen and oxygen atoms in total. The van der Waals surface area contributed by atoms with Crippen molar-refractivity contribution < 1.29 is 22.7 Å². The first-order chi connectivity index (χ1) is 21.5. The van der Waals surface area contributed by atoms with Crippen LogP contribution in [0.5, 0.6) is 5.75 Å². The van der Waals surface area contributed by atoms with Gasteiger partial charge in [-0.3, -0.25) is 0 Å². The molecular weight excluding hydrogens is 601 g/mol. The van der Waals surface area contributed by atoms with E-state index in [4.69, 9.17) is 0 Å². The highest BCUT2D eigenvalue weighted by Crippen LogP contribution is 2.34. The molecule has 2 unspecified atom stereocenters. The van der Waals surface area contributed by atoms with E-state index in [0.717, 1.165) is 30.7 Å². The number of ether oxygens (including phenoxy) is 1. The fourth-order valence-corrected chi connectivity index (χ4v) is 6.77. The number of hydrogen-bond donors (Lipinski definition) is 2. The van der Waals surface area contributed by atoms with Crippen molar-refractivity contribution in [1.82, 2.24) is 25.4 Å². The van der Waals surface area contributed by atoms with Crippen molar-refractivity contribution in [3.63, 3.8) is 0 Å². The number of urea groups is 1. The van der Waals surface area contributed by atoms with Gasteiger partial charge in [0.2, 0.25) is 0 Å². The molecule has 0 radical (unpaired) electrons. The topological polar surface area (TPSA) is 84.3 Å². The van der Waals surface area contributed by atoms with Crippen molar-refractivity contribution in [2.24, 2.45) is 0 Å². The number of benzene rings is 3. The summed E-state index contributed by atoms with van der Waals surface area (Å²) in [4.78, 5) is 19.4. The van der Waals surface area contributed by atoms with Gasteiger partial charge in [-0.2, -0.15) is 0 Å². The predicted octanol–water partition coefficient (Wildman–Crippen LogP) is 7.48. The maximum absolute atomic E-state index is 12.7. The second-order valence-corrected chi connectivity index (χ2v) is 12.5. The summed E-state index contributed by atoms with van der Waals surface area (Å²) in [5, 5.41) is 10.6. The molecule has 1 aliphatic rings. The standard InChI is InChI=1S/C33H37F3N6O2S/c1-21-18-23(3)29(24(4)19-21)41-16-17-45-32(41)39-31(43)37-15-5-6-22(2)25-7-9-26(10-8-25)30-38-20-42(40-30)27-11-13-28(14-12-27)44-33(34,35)36/h7-14,18-20,22,32H,5-6,15-17H2,1-4H3,(H2,37,39,43). The molecule has 0 saturated carbocycles. The highest BCUT2D eigenvalue weighted by molar-refractivity contribution is 8.00. The number of carbonyl (C=O) groups excluding carboxylic acids is 1. The number of carbonyl (C=O) groups is 1. The Morgan fingerprint density at radius 1 is 1.07 bits per heavy atom. The van der Waals surface area contributed by atoms with Crippen LogP contribution in [0, 0.1) is 20.8 Å². The van der Waals surface area contributed by atoms with Gasteiger partial charge in [0.1, 0.15) is 12.1 Å². The van der Waals surface area contributed by atoms with E-state index in [0.29, 0.717) is 24.0 Å². The van der Waals surface area contributed by atoms with E-state index in [1.54, 1.807) is 11.8 Å². The third-order valence-corrected chi connectivity index (χ3v) is 8.84. The molecule has 1 saturated heterocycles. The Morgan fingerprint density at radius 2 is 1.76 bits per heavy atom. The van der Waals surface area contributed by atoms with E-state index in [1.165, 1.54) is 63.2 Å². The summed E-state index contributed by atoms with van der Waals surface area (Å²) >= 11 is 1.74. The van der Waals surface area contributed by atoms with Gasteiger partial charge >= 0.3 is 12.4 Å². The maximum atomic E-state index is 12.7. The summed E-state index contributed by atoms with van der Waals surface area (Å²) in [6, 6.07) is 17.7. The fraction of sp³-hybridized carbons (Fsp3) is 0.364. The van der Waals surface area contributed by atoms with Crippen LogP contribution >= 0.6 is 11.8 Å². The minimum atomic E-state index is -4.74. The van der Waals surface area contributed by atoms with Crippen molar-refractivity contribution in [3.05, 3.63) is 89.2 Å². The number of thioether (sulfide) groups is 1. The van der Waals surface area contributed by atoms with E-state index in [-0.39, 0.29) is 17.3 Å². The number of aryl methyl sites for hydroxylation is 3. The zero-order valence-electron chi connectivity index (χ0n) is 25.7. The van der Waals surface area contributed by atoms with Crippen LogP contribution < -0.4 is 20.3 Å². The van der Waals surface area contributed by atoms with Crippen molar-refractivity contribution in [2.75, 3.05) is 23.7 Å². The molecule has 12 heteroatoms. The van der Waals surface area contributed by atoms with Crippen molar-refractivity contribution in [3.8, 4) is 22.8 Å². The smallest absolute Gasteiger partial charge is 0.406 e. The summed E-state index contributed by atoms with van der Waals surface area (Å²) in [6.45, 7) is 9.99. The molecule has 0 spiro atoms. The zero-order chi connectivity index (χ0) is 32.1. The summed E-state index contributed by atoms with van der Waals surface area (Å²) < 4.78 is 42.7. The number of rotatable bonds is 10. The number of nitrogens with zero attached hydrogens (tertiary/aromatic N) is 4. The van der Waals surface area contributed by atoms with Gasteiger partial charge in [0, 0.05) is 30.1 Å². The van der Waals surface area contributed by atoms with Crippen LogP contribution in [0.3, 0.4) is 0 Å². The maximum Gasteiger partial charge on any atom is 0.573 e. The number of halogens is 3. The summed E-state index contributed by atoms with van der Waals surface area (Å²) in [6.07, 6.45) is -1.47. The second-order valence-electron chi connectivity index (χ2n) is 11.3. The molecule has 0 aliphatic carbocycles. The molecule has 2 amide bonds. The van der Waals surface area contributed by atoms with Gasteiger partial charge in [0.05, 0.1) is 5.69 Å². The molecular formula is C33H37F3N6O2S. The number of alkyl halides is 3. The molecule has 2 N–H and O–H groups in total. The Bertz CT molecular complexity index is 1590. The Kier molecular flexibility index (Phi) is 9.91. The first kappa shape index (κ1) is 32.2. The molecule has 1 aromatic heterocycles. The lowest BCUT2D eigenvalue weighted by molar-refractivity contribution is -0.274. The van der Waals surface area contributed by atoms with Gasteiger partial charge in [-0.1, -0.05) is 48.9 Å². The van der Waals surface area contributed by atoms with E-state index < -0.39 is 6.36 Å². The quantitative estimate of drug-likeness (QED) is 0.175. The lowest BCUT2D eigenvalue weighted by Gasteiger charge is -2.29. The van der Waals surface area contributed by atoms with Crippen molar-refractivity contribution in [2.45, 2.75) is 58.3 Å². The monoisotopic (exact) mass is 638 g/mol. The van der Waals surface area contributed by atoms with Gasteiger partial charge in [-0.15, -0.1) is 30.0 Å². The van der Waals surface area contributed by atoms with Gasteiger partial charge in [-0.25, -0.2) is 14.5 Å². The zero-order valence-corrected chi connectivity index (χ0v) is 26.5. The number of hydrogen-bond acceptors (Lipinski definition) is 6. The molecule has 2 heterocycles. The highest BCUT2D eigenvalue weighted by atomic mass is 32.2. The van der Waals surface area contributed by atoms with Crippen molar-refractivity contribution in [1.29, 1.82) is 0 Å². The molecule has 3 aromatic carbocycles. The summed E-state index contributed by atoms with van der Waals surface area (Å²) in [7, 11) is 0. The fourth-order valence-electron chi connectivity index (χ4n) is 5.67. The lowest BCUT2D eigenvalue weighted by atomic mass is 9.95. The van der Waals surface area contributed by atoms with Crippen LogP contribution in [0.2, 0.25) is 0 Å². The number of amides is 2. The molecule has 45 heavy (non-hydrogen) atoms. The van der Waals surface area contributed by atoms with Gasteiger partial charge in [-0.05, 0) is 80.5 Å². The first-order valence-electron chi connectivity index (χ1n) is 14.9. The minimum absolute atomic E-state index is 0.0955. The molecule has 5 rings (SSSR count). The Labute approximate surface area is 265 Å². The molecule has 2 atom stereocenters. The first-order valence-corrected chi connectivity index (χ1v) is 15.9. The van der Waals surface area contributed by atoms with Crippen LogP contribution in [0.1, 0.15) is 47.9 Å². The number of nitrogens with one attached hydrogen (secondary N) is 2. The van der Waals surface area contributed by atoms with E-state index in [1.807, 2.05) is 24.3 Å². The van der Waals surface area contributed by atoms with Crippen molar-refractivity contribution >= 4 is 23.5 Å².